The molecule has 11 heteroatoms. The van der Waals surface area contributed by atoms with Crippen LogP contribution in [0.25, 0.3) is 33.1 Å². The van der Waals surface area contributed by atoms with E-state index in [-0.39, 0.29) is 44.4 Å². The van der Waals surface area contributed by atoms with Gasteiger partial charge in [0.1, 0.15) is 22.0 Å². The van der Waals surface area contributed by atoms with E-state index in [1.165, 1.54) is 18.3 Å². The minimum absolute atomic E-state index is 0.0397. The summed E-state index contributed by atoms with van der Waals surface area (Å²) in [4.78, 5) is 8.56. The molecule has 0 unspecified atom stereocenters. The zero-order chi connectivity index (χ0) is 33.2. The van der Waals surface area contributed by atoms with Gasteiger partial charge in [-0.1, -0.05) is 17.3 Å². The Kier molecular flexibility index (Phi) is 5.01. The molecule has 1 aliphatic heterocycles. The molecule has 1 aliphatic rings. The summed E-state index contributed by atoms with van der Waals surface area (Å²) in [5, 5.41) is 3.92. The largest absolute Gasteiger partial charge is 0.480 e. The molecular formula is C29H29FN4O5S. The topological polar surface area (TPSA) is 109 Å². The monoisotopic (exact) mass is 570 g/mol. The number of hydrogen-bond donors (Lipinski definition) is 0. The fourth-order valence-electron chi connectivity index (χ4n) is 5.68. The van der Waals surface area contributed by atoms with Gasteiger partial charge in [-0.3, -0.25) is 4.98 Å². The van der Waals surface area contributed by atoms with Gasteiger partial charge in [0.15, 0.2) is 9.84 Å². The molecule has 1 aromatic carbocycles. The predicted molar refractivity (Wildman–Crippen MR) is 148 cm³/mol. The lowest BCUT2D eigenvalue weighted by atomic mass is 9.86. The van der Waals surface area contributed by atoms with Crippen LogP contribution in [-0.2, 0) is 14.6 Å². The zero-order valence-electron chi connectivity index (χ0n) is 27.6. The Labute approximate surface area is 239 Å². The van der Waals surface area contributed by atoms with Crippen molar-refractivity contribution in [1.29, 1.82) is 0 Å². The third kappa shape index (κ3) is 4.33. The Morgan fingerprint density at radius 1 is 1.18 bits per heavy atom. The standard InChI is InChI=1S/C29H29FN4O5S/c1-16-24(17(2)39-33-16)20-13-22-26(31-14-20)25-28(23(40(4,35)36)15-32-29(25)37-3)34(22)27(19-9-11-38-12-10-19)18-5-7-21(30)8-6-18/h5-8,13-15,19,27H,9-12H2,1-4H3/t27-/m1/s1/i2D3,3D3. The van der Waals surface area contributed by atoms with Crippen LogP contribution in [0.15, 0.2) is 52.1 Å². The molecule has 1 fully saturated rings. The molecular weight excluding hydrogens is 535 g/mol. The Morgan fingerprint density at radius 3 is 2.65 bits per heavy atom. The summed E-state index contributed by atoms with van der Waals surface area (Å²) < 4.78 is 106. The SMILES string of the molecule is [2H]C([2H])([2H])Oc1ncc(S(C)(=O)=O)c2c1c1ncc(-c3c(C)noc3C([2H])([2H])[2H])cc1n2[C@H](c1ccc(F)cc1)C1CCOCC1. The molecule has 0 bridgehead atoms. The number of benzene rings is 1. The maximum absolute atomic E-state index is 14.2. The van der Waals surface area contributed by atoms with Crippen LogP contribution in [-0.4, -0.2) is 54.6 Å². The van der Waals surface area contributed by atoms with Gasteiger partial charge in [0.2, 0.25) is 5.88 Å². The van der Waals surface area contributed by atoms with Gasteiger partial charge >= 0.3 is 0 Å². The lowest BCUT2D eigenvalue weighted by Crippen LogP contribution is -2.27. The van der Waals surface area contributed by atoms with E-state index >= 15 is 0 Å². The summed E-state index contributed by atoms with van der Waals surface area (Å²) >= 11 is 0. The maximum Gasteiger partial charge on any atom is 0.224 e. The Morgan fingerprint density at radius 2 is 1.95 bits per heavy atom. The fraction of sp³-hybridized carbons (Fsp3) is 0.345. The van der Waals surface area contributed by atoms with Gasteiger partial charge in [-0.15, -0.1) is 0 Å². The van der Waals surface area contributed by atoms with Crippen molar-refractivity contribution < 1.29 is 35.0 Å². The van der Waals surface area contributed by atoms with Crippen molar-refractivity contribution >= 4 is 31.8 Å². The highest BCUT2D eigenvalue weighted by Gasteiger charge is 2.34. The lowest BCUT2D eigenvalue weighted by molar-refractivity contribution is 0.0552. The predicted octanol–water partition coefficient (Wildman–Crippen LogP) is 5.42. The van der Waals surface area contributed by atoms with E-state index in [0.717, 1.165) is 12.5 Å². The van der Waals surface area contributed by atoms with E-state index in [1.807, 2.05) is 0 Å². The van der Waals surface area contributed by atoms with E-state index in [1.54, 1.807) is 29.7 Å². The summed E-state index contributed by atoms with van der Waals surface area (Å²) in [6.07, 6.45) is 4.59. The van der Waals surface area contributed by atoms with Crippen molar-refractivity contribution in [3.8, 4) is 17.0 Å². The van der Waals surface area contributed by atoms with E-state index in [9.17, 15) is 12.8 Å². The van der Waals surface area contributed by atoms with Gasteiger partial charge in [-0.05, 0) is 56.3 Å². The number of aryl methyl sites for hydroxylation is 2. The van der Waals surface area contributed by atoms with E-state index < -0.39 is 35.6 Å². The lowest BCUT2D eigenvalue weighted by Gasteiger charge is -2.33. The average Bonchev–Trinajstić information content (AvgIpc) is 3.52. The third-order valence-corrected chi connectivity index (χ3v) is 8.54. The van der Waals surface area contributed by atoms with E-state index in [4.69, 9.17) is 22.2 Å². The van der Waals surface area contributed by atoms with Crippen LogP contribution in [0, 0.1) is 25.5 Å². The molecule has 5 heterocycles. The molecule has 0 aliphatic carbocycles. The molecule has 1 saturated heterocycles. The molecule has 1 atom stereocenters. The Balaban J connectivity index is 1.80. The van der Waals surface area contributed by atoms with Gasteiger partial charge in [-0.25, -0.2) is 17.8 Å². The molecule has 9 nitrogen and oxygen atoms in total. The quantitative estimate of drug-likeness (QED) is 0.266. The maximum atomic E-state index is 14.2. The second-order valence-electron chi connectivity index (χ2n) is 9.91. The number of methoxy groups -OCH3 is 1. The number of fused-ring (bicyclic) bond motifs is 3. The normalized spacial score (nSPS) is 18.5. The highest BCUT2D eigenvalue weighted by Crippen LogP contribution is 2.45. The highest BCUT2D eigenvalue weighted by atomic mass is 32.2. The second kappa shape index (κ2) is 9.97. The van der Waals surface area contributed by atoms with Crippen LogP contribution in [0.5, 0.6) is 5.88 Å². The summed E-state index contributed by atoms with van der Waals surface area (Å²) in [5.74, 6) is -1.32. The summed E-state index contributed by atoms with van der Waals surface area (Å²) in [6, 6.07) is 6.86. The van der Waals surface area contributed by atoms with Crippen LogP contribution in [0.4, 0.5) is 4.39 Å². The Bertz CT molecular complexity index is 2050. The van der Waals surface area contributed by atoms with Gasteiger partial charge in [0.05, 0.1) is 45.5 Å². The van der Waals surface area contributed by atoms with Crippen molar-refractivity contribution in [3.05, 3.63) is 65.6 Å². The number of rotatable bonds is 6. The molecule has 5 aromatic rings. The molecule has 208 valence electrons. The summed E-state index contributed by atoms with van der Waals surface area (Å²) in [5.41, 5.74) is 2.04. The first-order valence-corrected chi connectivity index (χ1v) is 14.5. The number of halogens is 1. The summed E-state index contributed by atoms with van der Waals surface area (Å²) in [6.45, 7) is -0.201. The van der Waals surface area contributed by atoms with Crippen LogP contribution in [0.2, 0.25) is 0 Å². The van der Waals surface area contributed by atoms with Gasteiger partial charge < -0.3 is 18.6 Å². The number of sulfone groups is 1. The molecule has 0 radical (unpaired) electrons. The fourth-order valence-corrected chi connectivity index (χ4v) is 6.47. The molecule has 0 N–H and O–H groups in total. The molecule has 0 spiro atoms. The van der Waals surface area contributed by atoms with Crippen molar-refractivity contribution in [2.24, 2.45) is 5.92 Å². The van der Waals surface area contributed by atoms with Crippen molar-refractivity contribution in [2.75, 3.05) is 26.5 Å². The number of aromatic nitrogens is 4. The number of nitrogens with zero attached hydrogens (tertiary/aromatic N) is 4. The minimum Gasteiger partial charge on any atom is -0.480 e. The molecule has 0 amide bonds. The zero-order valence-corrected chi connectivity index (χ0v) is 22.5. The smallest absolute Gasteiger partial charge is 0.224 e. The second-order valence-corrected chi connectivity index (χ2v) is 11.9. The molecule has 6 rings (SSSR count). The minimum atomic E-state index is -3.99. The van der Waals surface area contributed by atoms with E-state index in [2.05, 4.69) is 15.1 Å². The number of hydrogen-bond acceptors (Lipinski definition) is 8. The molecule has 4 aromatic heterocycles. The first-order valence-electron chi connectivity index (χ1n) is 15.6. The van der Waals surface area contributed by atoms with Crippen LogP contribution < -0.4 is 4.74 Å². The first kappa shape index (κ1) is 20.1. The van der Waals surface area contributed by atoms with Crippen molar-refractivity contribution in [3.63, 3.8) is 0 Å². The van der Waals surface area contributed by atoms with Gasteiger partial charge in [0.25, 0.3) is 0 Å². The average molecular weight is 571 g/mol. The molecule has 40 heavy (non-hydrogen) atoms. The number of pyridine rings is 2. The van der Waals surface area contributed by atoms with Crippen molar-refractivity contribution in [1.82, 2.24) is 19.7 Å². The van der Waals surface area contributed by atoms with Crippen molar-refractivity contribution in [2.45, 2.75) is 37.6 Å². The first-order chi connectivity index (χ1) is 21.5. The van der Waals surface area contributed by atoms with Crippen LogP contribution in [0.1, 0.15) is 44.1 Å². The van der Waals surface area contributed by atoms with Gasteiger partial charge in [0, 0.05) is 40.9 Å². The van der Waals surface area contributed by atoms with E-state index in [0.29, 0.717) is 48.4 Å². The Hall–Kier alpha value is -3.83. The van der Waals surface area contributed by atoms with Gasteiger partial charge in [-0.2, -0.15) is 0 Å². The number of ether oxygens (including phenoxy) is 2. The van der Waals surface area contributed by atoms with Crippen LogP contribution >= 0.6 is 0 Å². The molecule has 0 saturated carbocycles. The van der Waals surface area contributed by atoms with Crippen LogP contribution in [0.3, 0.4) is 0 Å². The highest BCUT2D eigenvalue weighted by molar-refractivity contribution is 7.91. The third-order valence-electron chi connectivity index (χ3n) is 7.44. The summed E-state index contributed by atoms with van der Waals surface area (Å²) in [7, 11) is -6.93.